The van der Waals surface area contributed by atoms with Crippen LogP contribution in [0.25, 0.3) is 0 Å². The molecule has 0 radical (unpaired) electrons. The normalized spacial score (nSPS) is 17.3. The summed E-state index contributed by atoms with van der Waals surface area (Å²) in [7, 11) is 0. The van der Waals surface area contributed by atoms with Crippen molar-refractivity contribution in [1.82, 2.24) is 0 Å². The molecule has 1 unspecified atom stereocenters. The lowest BCUT2D eigenvalue weighted by molar-refractivity contribution is -0.116. The van der Waals surface area contributed by atoms with E-state index in [1.54, 1.807) is 11.0 Å². The molecule has 2 aliphatic rings. The molecule has 198 valence electrons. The summed E-state index contributed by atoms with van der Waals surface area (Å²) in [5.74, 6) is -0.190. The number of allylic oxidation sites excluding steroid dienone is 3. The minimum Gasteiger partial charge on any atom is -0.489 e. The van der Waals surface area contributed by atoms with Gasteiger partial charge in [-0.1, -0.05) is 47.0 Å². The maximum Gasteiger partial charge on any atom is 0.161 e. The summed E-state index contributed by atoms with van der Waals surface area (Å²) in [5, 5.41) is 10.3. The Morgan fingerprint density at radius 1 is 1.08 bits per heavy atom. The third-order valence-electron chi connectivity index (χ3n) is 7.50. The first kappa shape index (κ1) is 26.5. The van der Waals surface area contributed by atoms with Crippen molar-refractivity contribution in [3.8, 4) is 11.8 Å². The standard InChI is InChI=1S/C32H29ClFN3O2/c1-18-7-10-23(11-8-18)39-17-21-13-19(2)14-24(20(21)3)30-25(16-35)32(36)37(22-9-12-27(34)26(33)15-22)28-5-4-6-29(38)31(28)30/h7-15,30H,4-6,17,36H2,1-3H3. The van der Waals surface area contributed by atoms with Crippen molar-refractivity contribution in [3.63, 3.8) is 0 Å². The molecule has 7 heteroatoms. The highest BCUT2D eigenvalue weighted by Crippen LogP contribution is 2.47. The van der Waals surface area contributed by atoms with Crippen LogP contribution < -0.4 is 15.4 Å². The fraction of sp³-hybridized carbons (Fsp3) is 0.250. The average molecular weight is 542 g/mol. The van der Waals surface area contributed by atoms with Crippen LogP contribution in [0.1, 0.15) is 53.0 Å². The van der Waals surface area contributed by atoms with Gasteiger partial charge in [0.05, 0.1) is 22.6 Å². The van der Waals surface area contributed by atoms with E-state index in [9.17, 15) is 14.4 Å². The van der Waals surface area contributed by atoms with E-state index < -0.39 is 11.7 Å². The monoisotopic (exact) mass is 541 g/mol. The predicted octanol–water partition coefficient (Wildman–Crippen LogP) is 7.29. The topological polar surface area (TPSA) is 79.3 Å². The van der Waals surface area contributed by atoms with Crippen LogP contribution in [0.5, 0.6) is 5.75 Å². The number of carbonyl (C=O) groups is 1. The molecule has 2 N–H and O–H groups in total. The van der Waals surface area contributed by atoms with Crippen LogP contribution in [0.3, 0.4) is 0 Å². The number of benzene rings is 3. The first-order valence-electron chi connectivity index (χ1n) is 12.9. The number of carbonyl (C=O) groups excluding carboxylic acids is 1. The number of halogens is 2. The Kier molecular flexibility index (Phi) is 7.20. The van der Waals surface area contributed by atoms with Crippen molar-refractivity contribution >= 4 is 23.1 Å². The second-order valence-electron chi connectivity index (χ2n) is 10.2. The molecule has 0 amide bonds. The van der Waals surface area contributed by atoms with Crippen molar-refractivity contribution in [2.24, 2.45) is 5.73 Å². The summed E-state index contributed by atoms with van der Waals surface area (Å²) in [6, 6.07) is 18.6. The van der Waals surface area contributed by atoms with E-state index in [1.807, 2.05) is 51.1 Å². The maximum atomic E-state index is 14.0. The molecule has 0 aromatic heterocycles. The predicted molar refractivity (Wildman–Crippen MR) is 151 cm³/mol. The average Bonchev–Trinajstić information content (AvgIpc) is 2.91. The molecule has 1 atom stereocenters. The third-order valence-corrected chi connectivity index (χ3v) is 7.79. The summed E-state index contributed by atoms with van der Waals surface area (Å²) in [5.41, 5.74) is 13.7. The molecule has 1 aliphatic carbocycles. The molecule has 0 spiro atoms. The second kappa shape index (κ2) is 10.6. The summed E-state index contributed by atoms with van der Waals surface area (Å²) in [4.78, 5) is 15.2. The van der Waals surface area contributed by atoms with Gasteiger partial charge in [-0.15, -0.1) is 0 Å². The minimum atomic E-state index is -0.608. The largest absolute Gasteiger partial charge is 0.489 e. The van der Waals surface area contributed by atoms with Crippen LogP contribution in [-0.4, -0.2) is 5.78 Å². The number of anilines is 1. The number of ketones is 1. The fourth-order valence-electron chi connectivity index (χ4n) is 5.53. The summed E-state index contributed by atoms with van der Waals surface area (Å²) >= 11 is 6.10. The molecule has 0 saturated carbocycles. The van der Waals surface area contributed by atoms with Gasteiger partial charge in [0, 0.05) is 23.4 Å². The zero-order valence-corrected chi connectivity index (χ0v) is 22.9. The Labute approximate surface area is 233 Å². The fourth-order valence-corrected chi connectivity index (χ4v) is 5.70. The van der Waals surface area contributed by atoms with Crippen molar-refractivity contribution in [2.75, 3.05) is 4.90 Å². The Morgan fingerprint density at radius 3 is 2.51 bits per heavy atom. The van der Waals surface area contributed by atoms with Crippen LogP contribution in [0.15, 0.2) is 77.3 Å². The molecule has 3 aromatic rings. The highest BCUT2D eigenvalue weighted by atomic mass is 35.5. The second-order valence-corrected chi connectivity index (χ2v) is 10.6. The van der Waals surface area contributed by atoms with E-state index in [0.717, 1.165) is 39.3 Å². The van der Waals surface area contributed by atoms with Gasteiger partial charge in [0.15, 0.2) is 5.78 Å². The van der Waals surface area contributed by atoms with Crippen molar-refractivity contribution in [2.45, 2.75) is 52.6 Å². The smallest absolute Gasteiger partial charge is 0.161 e. The molecular weight excluding hydrogens is 513 g/mol. The zero-order valence-electron chi connectivity index (χ0n) is 22.1. The number of nitrogens with two attached hydrogens (primary N) is 1. The number of nitriles is 1. The zero-order chi connectivity index (χ0) is 27.8. The number of Topliss-reactive ketones (excluding diaryl/α,β-unsaturated/α-hetero) is 1. The van der Waals surface area contributed by atoms with Gasteiger partial charge in [0.1, 0.15) is 24.0 Å². The van der Waals surface area contributed by atoms with Gasteiger partial charge in [-0.05, 0) is 80.6 Å². The maximum absolute atomic E-state index is 14.0. The van der Waals surface area contributed by atoms with Crippen LogP contribution in [0.4, 0.5) is 10.1 Å². The van der Waals surface area contributed by atoms with Gasteiger partial charge in [0.25, 0.3) is 0 Å². The van der Waals surface area contributed by atoms with E-state index in [-0.39, 0.29) is 22.2 Å². The lowest BCUT2D eigenvalue weighted by atomic mass is 9.73. The van der Waals surface area contributed by atoms with Gasteiger partial charge in [-0.25, -0.2) is 4.39 Å². The van der Waals surface area contributed by atoms with Crippen LogP contribution in [-0.2, 0) is 11.4 Å². The molecule has 0 fully saturated rings. The quantitative estimate of drug-likeness (QED) is 0.367. The van der Waals surface area contributed by atoms with Gasteiger partial charge in [-0.3, -0.25) is 9.69 Å². The lowest BCUT2D eigenvalue weighted by Crippen LogP contribution is -2.39. The Hall–Kier alpha value is -4.08. The van der Waals surface area contributed by atoms with Crippen LogP contribution in [0, 0.1) is 37.9 Å². The molecule has 39 heavy (non-hydrogen) atoms. The number of hydrogen-bond acceptors (Lipinski definition) is 5. The van der Waals surface area contributed by atoms with E-state index in [1.165, 1.54) is 12.1 Å². The van der Waals surface area contributed by atoms with Gasteiger partial charge in [-0.2, -0.15) is 5.26 Å². The number of ether oxygens (including phenoxy) is 1. The third kappa shape index (κ3) is 4.91. The van der Waals surface area contributed by atoms with E-state index >= 15 is 0 Å². The van der Waals surface area contributed by atoms with E-state index in [2.05, 4.69) is 12.1 Å². The number of nitrogens with zero attached hydrogens (tertiary/aromatic N) is 2. The van der Waals surface area contributed by atoms with Gasteiger partial charge in [0.2, 0.25) is 0 Å². The van der Waals surface area contributed by atoms with Gasteiger partial charge >= 0.3 is 0 Å². The van der Waals surface area contributed by atoms with E-state index in [0.29, 0.717) is 37.1 Å². The number of hydrogen-bond donors (Lipinski definition) is 1. The lowest BCUT2D eigenvalue weighted by Gasteiger charge is -2.40. The number of rotatable bonds is 5. The molecule has 1 heterocycles. The molecule has 0 bridgehead atoms. The van der Waals surface area contributed by atoms with Crippen molar-refractivity contribution in [1.29, 1.82) is 5.26 Å². The van der Waals surface area contributed by atoms with Gasteiger partial charge < -0.3 is 10.5 Å². The molecule has 3 aromatic carbocycles. The first-order chi connectivity index (χ1) is 18.7. The molecule has 5 nitrogen and oxygen atoms in total. The molecule has 5 rings (SSSR count). The van der Waals surface area contributed by atoms with Crippen molar-refractivity contribution < 1.29 is 13.9 Å². The van der Waals surface area contributed by atoms with Crippen LogP contribution >= 0.6 is 11.6 Å². The number of aryl methyl sites for hydroxylation is 2. The van der Waals surface area contributed by atoms with Crippen LogP contribution in [0.2, 0.25) is 5.02 Å². The minimum absolute atomic E-state index is 0.0157. The Bertz CT molecular complexity index is 1580. The summed E-state index contributed by atoms with van der Waals surface area (Å²) < 4.78 is 20.1. The first-order valence-corrected chi connectivity index (χ1v) is 13.3. The van der Waals surface area contributed by atoms with E-state index in [4.69, 9.17) is 22.1 Å². The molecule has 1 aliphatic heterocycles. The highest BCUT2D eigenvalue weighted by Gasteiger charge is 2.41. The Balaban J connectivity index is 1.63. The molecule has 0 saturated heterocycles. The SMILES string of the molecule is Cc1ccc(OCc2cc(C)cc(C3C(C#N)=C(N)N(c4ccc(F)c(Cl)c4)C4=C3C(=O)CCC4)c2C)cc1. The summed E-state index contributed by atoms with van der Waals surface area (Å²) in [6.45, 7) is 6.36. The summed E-state index contributed by atoms with van der Waals surface area (Å²) in [6.07, 6.45) is 1.65. The van der Waals surface area contributed by atoms with Crippen molar-refractivity contribution in [3.05, 3.63) is 116 Å². The highest BCUT2D eigenvalue weighted by molar-refractivity contribution is 6.31. The molecular formula is C32H29ClFN3O2. The Morgan fingerprint density at radius 2 is 1.82 bits per heavy atom.